The fraction of sp³-hybridized carbons (Fsp3) is 0.435. The number of rotatable bonds is 9. The van der Waals surface area contributed by atoms with Gasteiger partial charge in [0.25, 0.3) is 10.1 Å². The molecule has 1 fully saturated rings. The lowest BCUT2D eigenvalue weighted by Crippen LogP contribution is -2.35. The summed E-state index contributed by atoms with van der Waals surface area (Å²) in [4.78, 5) is 12.7. The first-order chi connectivity index (χ1) is 15.6. The molecule has 1 aliphatic rings. The van der Waals surface area contributed by atoms with Crippen LogP contribution in [0.4, 0.5) is 5.69 Å². The predicted octanol–water partition coefficient (Wildman–Crippen LogP) is 2.98. The summed E-state index contributed by atoms with van der Waals surface area (Å²) >= 11 is -1.81. The van der Waals surface area contributed by atoms with Crippen LogP contribution in [0.25, 0.3) is 11.1 Å². The van der Waals surface area contributed by atoms with E-state index in [0.29, 0.717) is 30.6 Å². The van der Waals surface area contributed by atoms with Gasteiger partial charge in [0.1, 0.15) is 5.75 Å². The van der Waals surface area contributed by atoms with E-state index in [-0.39, 0.29) is 29.4 Å². The van der Waals surface area contributed by atoms with Gasteiger partial charge in [-0.2, -0.15) is 8.42 Å². The summed E-state index contributed by atoms with van der Waals surface area (Å²) in [6.07, 6.45) is 1.24. The number of hydrogen-bond acceptors (Lipinski definition) is 6. The molecule has 33 heavy (non-hydrogen) atoms. The van der Waals surface area contributed by atoms with Crippen LogP contribution < -0.4 is 10.6 Å². The molecule has 180 valence electrons. The van der Waals surface area contributed by atoms with Crippen LogP contribution in [0.15, 0.2) is 36.4 Å². The van der Waals surface area contributed by atoms with Crippen molar-refractivity contribution in [3.8, 4) is 11.1 Å². The minimum absolute atomic E-state index is 0.124. The first kappa shape index (κ1) is 25.5. The van der Waals surface area contributed by atoms with Gasteiger partial charge in [-0.05, 0) is 79.1 Å². The quantitative estimate of drug-likeness (QED) is 0.362. The fourth-order valence-electron chi connectivity index (χ4n) is 4.30. The standard InChI is InChI=1S/C23H30N2O6S2/c1-15-9-20(25-23(26)21-12-17(13-24-21)7-8-32(27)28)10-16(2)22(15)19-6-4-5-18(11-19)14-33(29,30)31-3/h4-6,9-11,17,21,24H,7-8,12-14H2,1-3H3,(H,25,26)(H,27,28)/t17-,21+/m0/s1. The van der Waals surface area contributed by atoms with E-state index in [2.05, 4.69) is 14.8 Å². The van der Waals surface area contributed by atoms with E-state index in [1.165, 1.54) is 0 Å². The Morgan fingerprint density at radius 3 is 2.58 bits per heavy atom. The van der Waals surface area contributed by atoms with Crippen molar-refractivity contribution < 1.29 is 26.2 Å². The predicted molar refractivity (Wildman–Crippen MR) is 130 cm³/mol. The van der Waals surface area contributed by atoms with Crippen LogP contribution in [0, 0.1) is 19.8 Å². The molecule has 1 saturated heterocycles. The molecule has 0 radical (unpaired) electrons. The van der Waals surface area contributed by atoms with E-state index >= 15 is 0 Å². The molecule has 2 aromatic rings. The van der Waals surface area contributed by atoms with Gasteiger partial charge in [0.2, 0.25) is 5.91 Å². The Bertz CT molecular complexity index is 1130. The fourth-order valence-corrected chi connectivity index (χ4v) is 5.54. The normalized spacial score (nSPS) is 19.4. The summed E-state index contributed by atoms with van der Waals surface area (Å²) < 4.78 is 48.0. The summed E-state index contributed by atoms with van der Waals surface area (Å²) in [5.41, 5.74) is 5.13. The smallest absolute Gasteiger partial charge is 0.271 e. The molecule has 0 aromatic heterocycles. The summed E-state index contributed by atoms with van der Waals surface area (Å²) in [6, 6.07) is 10.8. The first-order valence-electron chi connectivity index (χ1n) is 10.7. The second-order valence-electron chi connectivity index (χ2n) is 8.42. The molecule has 8 nitrogen and oxygen atoms in total. The molecular weight excluding hydrogens is 464 g/mol. The van der Waals surface area contributed by atoms with E-state index < -0.39 is 21.2 Å². The summed E-state index contributed by atoms with van der Waals surface area (Å²) in [5.74, 6) is 0.101. The van der Waals surface area contributed by atoms with Gasteiger partial charge in [-0.25, -0.2) is 4.21 Å². The Morgan fingerprint density at radius 1 is 1.24 bits per heavy atom. The Labute approximate surface area is 197 Å². The van der Waals surface area contributed by atoms with Gasteiger partial charge in [0.05, 0.1) is 13.2 Å². The number of carbonyl (C=O) groups excluding carboxylic acids is 1. The zero-order valence-electron chi connectivity index (χ0n) is 19.0. The molecule has 1 aliphatic heterocycles. The van der Waals surface area contributed by atoms with Gasteiger partial charge >= 0.3 is 0 Å². The van der Waals surface area contributed by atoms with Gasteiger partial charge < -0.3 is 15.2 Å². The highest BCUT2D eigenvalue weighted by molar-refractivity contribution is 7.85. The molecule has 3 N–H and O–H groups in total. The highest BCUT2D eigenvalue weighted by atomic mass is 32.2. The summed E-state index contributed by atoms with van der Waals surface area (Å²) in [6.45, 7) is 4.56. The molecule has 1 heterocycles. The molecule has 0 saturated carbocycles. The van der Waals surface area contributed by atoms with E-state index in [0.717, 1.165) is 29.4 Å². The third-order valence-electron chi connectivity index (χ3n) is 5.85. The van der Waals surface area contributed by atoms with Crippen LogP contribution >= 0.6 is 0 Å². The Balaban J connectivity index is 1.72. The SMILES string of the molecule is COS(=O)(=O)Cc1cccc(-c2c(C)cc(NC(=O)[C@H]3C[C@H](CCS(=O)O)CN3)cc2C)c1. The van der Waals surface area contributed by atoms with Gasteiger partial charge in [-0.1, -0.05) is 24.3 Å². The zero-order valence-corrected chi connectivity index (χ0v) is 20.6. The number of anilines is 1. The minimum atomic E-state index is -3.61. The maximum absolute atomic E-state index is 12.7. The molecule has 10 heteroatoms. The molecule has 3 rings (SSSR count). The second-order valence-corrected chi connectivity index (χ2v) is 11.2. The second kappa shape index (κ2) is 10.9. The van der Waals surface area contributed by atoms with E-state index in [9.17, 15) is 17.4 Å². The molecule has 0 bridgehead atoms. The Morgan fingerprint density at radius 2 is 1.94 bits per heavy atom. The number of nitrogens with one attached hydrogen (secondary N) is 2. The largest absolute Gasteiger partial charge is 0.325 e. The van der Waals surface area contributed by atoms with Crippen LogP contribution in [-0.4, -0.2) is 48.5 Å². The first-order valence-corrected chi connectivity index (χ1v) is 13.5. The van der Waals surface area contributed by atoms with Crippen molar-refractivity contribution in [1.82, 2.24) is 5.32 Å². The maximum atomic E-state index is 12.7. The van der Waals surface area contributed by atoms with Crippen molar-refractivity contribution in [2.24, 2.45) is 5.92 Å². The lowest BCUT2D eigenvalue weighted by atomic mass is 9.94. The average Bonchev–Trinajstić information content (AvgIpc) is 3.21. The zero-order chi connectivity index (χ0) is 24.2. The lowest BCUT2D eigenvalue weighted by molar-refractivity contribution is -0.117. The number of aryl methyl sites for hydroxylation is 2. The Kier molecular flexibility index (Phi) is 8.41. The molecule has 1 amide bonds. The Hall–Kier alpha value is -2.11. The molecule has 1 unspecified atom stereocenters. The van der Waals surface area contributed by atoms with Gasteiger partial charge in [0, 0.05) is 11.4 Å². The average molecular weight is 495 g/mol. The highest BCUT2D eigenvalue weighted by Crippen LogP contribution is 2.31. The van der Waals surface area contributed by atoms with E-state index in [4.69, 9.17) is 4.55 Å². The molecule has 0 spiro atoms. The number of benzene rings is 2. The van der Waals surface area contributed by atoms with Crippen molar-refractivity contribution in [2.45, 2.75) is 38.5 Å². The number of amides is 1. The van der Waals surface area contributed by atoms with Crippen LogP contribution in [0.5, 0.6) is 0 Å². The van der Waals surface area contributed by atoms with E-state index in [1.807, 2.05) is 44.2 Å². The van der Waals surface area contributed by atoms with Gasteiger partial charge in [-0.15, -0.1) is 0 Å². The third kappa shape index (κ3) is 6.94. The molecule has 3 atom stereocenters. The molecule has 0 aliphatic carbocycles. The van der Waals surface area contributed by atoms with Crippen molar-refractivity contribution >= 4 is 32.8 Å². The highest BCUT2D eigenvalue weighted by Gasteiger charge is 2.29. The third-order valence-corrected chi connectivity index (χ3v) is 7.63. The van der Waals surface area contributed by atoms with Crippen LogP contribution in [0.1, 0.15) is 29.5 Å². The molecule has 2 aromatic carbocycles. The van der Waals surface area contributed by atoms with Gasteiger partial charge in [0.15, 0.2) is 11.1 Å². The van der Waals surface area contributed by atoms with Crippen LogP contribution in [0.2, 0.25) is 0 Å². The van der Waals surface area contributed by atoms with Crippen LogP contribution in [0.3, 0.4) is 0 Å². The van der Waals surface area contributed by atoms with Crippen LogP contribution in [-0.2, 0) is 35.9 Å². The van der Waals surface area contributed by atoms with Crippen molar-refractivity contribution in [3.63, 3.8) is 0 Å². The number of carbonyl (C=O) groups is 1. The minimum Gasteiger partial charge on any atom is -0.325 e. The maximum Gasteiger partial charge on any atom is 0.271 e. The summed E-state index contributed by atoms with van der Waals surface area (Å²) in [7, 11) is -2.46. The summed E-state index contributed by atoms with van der Waals surface area (Å²) in [5, 5.41) is 6.17. The number of hydrogen-bond donors (Lipinski definition) is 3. The lowest BCUT2D eigenvalue weighted by Gasteiger charge is -2.16. The van der Waals surface area contributed by atoms with Crippen molar-refractivity contribution in [3.05, 3.63) is 53.1 Å². The van der Waals surface area contributed by atoms with Crippen molar-refractivity contribution in [2.75, 3.05) is 24.7 Å². The van der Waals surface area contributed by atoms with Crippen molar-refractivity contribution in [1.29, 1.82) is 0 Å². The molecular formula is C23H30N2O6S2. The van der Waals surface area contributed by atoms with Gasteiger partial charge in [-0.3, -0.25) is 8.98 Å². The topological polar surface area (TPSA) is 122 Å². The monoisotopic (exact) mass is 494 g/mol. The van der Waals surface area contributed by atoms with E-state index in [1.54, 1.807) is 6.07 Å².